The highest BCUT2D eigenvalue weighted by molar-refractivity contribution is 7.08. The third-order valence-electron chi connectivity index (χ3n) is 4.23. The number of nitrogens with one attached hydrogen (secondary N) is 2. The number of para-hydroxylation sites is 1. The van der Waals surface area contributed by atoms with E-state index < -0.39 is 5.97 Å². The molecule has 1 fully saturated rings. The van der Waals surface area contributed by atoms with E-state index in [2.05, 4.69) is 10.6 Å². The summed E-state index contributed by atoms with van der Waals surface area (Å²) in [7, 11) is 0. The predicted octanol–water partition coefficient (Wildman–Crippen LogP) is 3.07. The second-order valence-corrected chi connectivity index (χ2v) is 7.06. The van der Waals surface area contributed by atoms with Crippen molar-refractivity contribution in [3.8, 4) is 0 Å². The standard InChI is InChI=1S/C19H20N2O4S/c1-12(13-6-7-13)20-17(22)10-25-19(24)15-4-2-3-5-16(15)21-18(23)14-8-9-26-11-14/h2-5,8-9,11-13H,6-7,10H2,1H3,(H,20,22)(H,21,23). The van der Waals surface area contributed by atoms with Crippen LogP contribution in [0.3, 0.4) is 0 Å². The van der Waals surface area contributed by atoms with Crippen LogP contribution in [0.5, 0.6) is 0 Å². The summed E-state index contributed by atoms with van der Waals surface area (Å²) in [6.45, 7) is 1.61. The molecule has 0 spiro atoms. The van der Waals surface area contributed by atoms with Gasteiger partial charge in [0.15, 0.2) is 6.61 Å². The number of carbonyl (C=O) groups excluding carboxylic acids is 3. The molecule has 136 valence electrons. The van der Waals surface area contributed by atoms with Gasteiger partial charge in [-0.25, -0.2) is 4.79 Å². The van der Waals surface area contributed by atoms with Crippen molar-refractivity contribution in [1.29, 1.82) is 0 Å². The lowest BCUT2D eigenvalue weighted by atomic mass is 10.1. The Bertz CT molecular complexity index is 800. The van der Waals surface area contributed by atoms with E-state index in [0.717, 1.165) is 12.8 Å². The molecule has 1 heterocycles. The van der Waals surface area contributed by atoms with E-state index in [-0.39, 0.29) is 30.0 Å². The Morgan fingerprint density at radius 1 is 1.23 bits per heavy atom. The van der Waals surface area contributed by atoms with E-state index in [1.54, 1.807) is 41.1 Å². The van der Waals surface area contributed by atoms with E-state index in [0.29, 0.717) is 17.2 Å². The smallest absolute Gasteiger partial charge is 0.340 e. The molecule has 0 bridgehead atoms. The molecule has 2 amide bonds. The lowest BCUT2D eigenvalue weighted by molar-refractivity contribution is -0.124. The third-order valence-corrected chi connectivity index (χ3v) is 4.91. The maximum Gasteiger partial charge on any atom is 0.340 e. The quantitative estimate of drug-likeness (QED) is 0.732. The van der Waals surface area contributed by atoms with Gasteiger partial charge in [0.2, 0.25) is 0 Å². The lowest BCUT2D eigenvalue weighted by Crippen LogP contribution is -2.37. The fourth-order valence-electron chi connectivity index (χ4n) is 2.58. The average molecular weight is 372 g/mol. The minimum atomic E-state index is -0.652. The molecule has 1 atom stereocenters. The van der Waals surface area contributed by atoms with Crippen molar-refractivity contribution in [2.75, 3.05) is 11.9 Å². The number of anilines is 1. The lowest BCUT2D eigenvalue weighted by Gasteiger charge is -2.13. The molecule has 0 aliphatic heterocycles. The van der Waals surface area contributed by atoms with Crippen molar-refractivity contribution < 1.29 is 19.1 Å². The average Bonchev–Trinajstić information content (AvgIpc) is 3.34. The molecule has 3 rings (SSSR count). The van der Waals surface area contributed by atoms with Crippen LogP contribution < -0.4 is 10.6 Å². The summed E-state index contributed by atoms with van der Waals surface area (Å²) >= 11 is 1.41. The van der Waals surface area contributed by atoms with Gasteiger partial charge in [-0.05, 0) is 49.3 Å². The van der Waals surface area contributed by atoms with Crippen LogP contribution in [0.25, 0.3) is 0 Å². The van der Waals surface area contributed by atoms with Crippen LogP contribution in [0.15, 0.2) is 41.1 Å². The SMILES string of the molecule is CC(NC(=O)COC(=O)c1ccccc1NC(=O)c1ccsc1)C1CC1. The van der Waals surface area contributed by atoms with Crippen molar-refractivity contribution in [2.24, 2.45) is 5.92 Å². The second-order valence-electron chi connectivity index (χ2n) is 6.28. The number of esters is 1. The first-order chi connectivity index (χ1) is 12.5. The first-order valence-corrected chi connectivity index (χ1v) is 9.38. The van der Waals surface area contributed by atoms with Crippen molar-refractivity contribution in [2.45, 2.75) is 25.8 Å². The van der Waals surface area contributed by atoms with Crippen LogP contribution in [0.4, 0.5) is 5.69 Å². The highest BCUT2D eigenvalue weighted by Crippen LogP contribution is 2.32. The second kappa shape index (κ2) is 8.14. The Morgan fingerprint density at radius 2 is 2.00 bits per heavy atom. The number of thiophene rings is 1. The summed E-state index contributed by atoms with van der Waals surface area (Å²) in [5, 5.41) is 9.06. The van der Waals surface area contributed by atoms with Crippen LogP contribution in [0, 0.1) is 5.92 Å². The maximum absolute atomic E-state index is 12.3. The topological polar surface area (TPSA) is 84.5 Å². The molecule has 1 aliphatic carbocycles. The van der Waals surface area contributed by atoms with Crippen LogP contribution in [-0.4, -0.2) is 30.4 Å². The highest BCUT2D eigenvalue weighted by atomic mass is 32.1. The summed E-state index contributed by atoms with van der Waals surface area (Å²) in [4.78, 5) is 36.4. The van der Waals surface area contributed by atoms with Crippen molar-refractivity contribution >= 4 is 34.8 Å². The molecule has 2 aromatic rings. The Balaban J connectivity index is 1.58. The predicted molar refractivity (Wildman–Crippen MR) is 99.3 cm³/mol. The molecule has 1 aromatic carbocycles. The molecule has 1 aromatic heterocycles. The minimum Gasteiger partial charge on any atom is -0.452 e. The number of rotatable bonds is 7. The van der Waals surface area contributed by atoms with Crippen molar-refractivity contribution in [3.05, 3.63) is 52.2 Å². The summed E-state index contributed by atoms with van der Waals surface area (Å²) in [5.41, 5.74) is 1.08. The number of hydrogen-bond acceptors (Lipinski definition) is 5. The van der Waals surface area contributed by atoms with E-state index in [1.807, 2.05) is 6.92 Å². The maximum atomic E-state index is 12.3. The number of amides is 2. The van der Waals surface area contributed by atoms with Gasteiger partial charge in [0.1, 0.15) is 0 Å². The first kappa shape index (κ1) is 18.1. The van der Waals surface area contributed by atoms with E-state index in [9.17, 15) is 14.4 Å². The monoisotopic (exact) mass is 372 g/mol. The summed E-state index contributed by atoms with van der Waals surface area (Å²) in [6.07, 6.45) is 2.25. The van der Waals surface area contributed by atoms with Gasteiger partial charge in [0, 0.05) is 11.4 Å². The molecule has 6 nitrogen and oxygen atoms in total. The molecule has 0 saturated heterocycles. The normalized spacial score (nSPS) is 14.3. The molecular formula is C19H20N2O4S. The molecule has 0 radical (unpaired) electrons. The summed E-state index contributed by atoms with van der Waals surface area (Å²) in [5.74, 6) is -0.747. The van der Waals surface area contributed by atoms with Gasteiger partial charge in [-0.3, -0.25) is 9.59 Å². The fourth-order valence-corrected chi connectivity index (χ4v) is 3.21. The van der Waals surface area contributed by atoms with Gasteiger partial charge in [-0.15, -0.1) is 0 Å². The number of benzene rings is 1. The molecule has 1 saturated carbocycles. The Kier molecular flexibility index (Phi) is 5.68. The molecule has 26 heavy (non-hydrogen) atoms. The van der Waals surface area contributed by atoms with E-state index >= 15 is 0 Å². The third kappa shape index (κ3) is 4.70. The zero-order valence-corrected chi connectivity index (χ0v) is 15.2. The molecule has 1 aliphatic rings. The number of carbonyl (C=O) groups is 3. The van der Waals surface area contributed by atoms with E-state index in [1.165, 1.54) is 11.3 Å². The summed E-state index contributed by atoms with van der Waals surface area (Å²) in [6, 6.07) is 8.35. The van der Waals surface area contributed by atoms with Gasteiger partial charge in [-0.2, -0.15) is 11.3 Å². The Labute approximate surface area is 155 Å². The van der Waals surface area contributed by atoms with Crippen molar-refractivity contribution in [1.82, 2.24) is 5.32 Å². The minimum absolute atomic E-state index is 0.0957. The van der Waals surface area contributed by atoms with Gasteiger partial charge < -0.3 is 15.4 Å². The van der Waals surface area contributed by atoms with E-state index in [4.69, 9.17) is 4.74 Å². The Hall–Kier alpha value is -2.67. The fraction of sp³-hybridized carbons (Fsp3) is 0.316. The number of ether oxygens (including phenoxy) is 1. The Morgan fingerprint density at radius 3 is 2.69 bits per heavy atom. The largest absolute Gasteiger partial charge is 0.452 e. The molecule has 7 heteroatoms. The van der Waals surface area contributed by atoms with Gasteiger partial charge in [0.25, 0.3) is 11.8 Å². The van der Waals surface area contributed by atoms with Crippen LogP contribution >= 0.6 is 11.3 Å². The molecule has 2 N–H and O–H groups in total. The zero-order valence-electron chi connectivity index (χ0n) is 14.4. The van der Waals surface area contributed by atoms with Crippen LogP contribution in [0.2, 0.25) is 0 Å². The summed E-state index contributed by atoms with van der Waals surface area (Å²) < 4.78 is 5.10. The number of hydrogen-bond donors (Lipinski definition) is 2. The molecule has 1 unspecified atom stereocenters. The van der Waals surface area contributed by atoms with Gasteiger partial charge in [0.05, 0.1) is 16.8 Å². The van der Waals surface area contributed by atoms with Crippen LogP contribution in [0.1, 0.15) is 40.5 Å². The molecular weight excluding hydrogens is 352 g/mol. The van der Waals surface area contributed by atoms with Crippen LogP contribution in [-0.2, 0) is 9.53 Å². The first-order valence-electron chi connectivity index (χ1n) is 8.43. The van der Waals surface area contributed by atoms with Gasteiger partial charge >= 0.3 is 5.97 Å². The van der Waals surface area contributed by atoms with Gasteiger partial charge in [-0.1, -0.05) is 12.1 Å². The highest BCUT2D eigenvalue weighted by Gasteiger charge is 2.29. The van der Waals surface area contributed by atoms with Crippen molar-refractivity contribution in [3.63, 3.8) is 0 Å². The zero-order chi connectivity index (χ0) is 18.5.